The van der Waals surface area contributed by atoms with Gasteiger partial charge in [0.2, 0.25) is 6.73 Å². The Morgan fingerprint density at radius 3 is 2.73 bits per heavy atom. The van der Waals surface area contributed by atoms with E-state index >= 15 is 0 Å². The molecule has 0 bridgehead atoms. The first kappa shape index (κ1) is 26.8. The molecule has 2 aliphatic heterocycles. The van der Waals surface area contributed by atoms with Crippen molar-refractivity contribution < 1.29 is 24.6 Å². The number of quaternary nitrogens is 1. The number of aryl methyl sites for hydroxylation is 2. The van der Waals surface area contributed by atoms with Crippen molar-refractivity contribution >= 4 is 12.0 Å². The van der Waals surface area contributed by atoms with Gasteiger partial charge in [0.1, 0.15) is 24.2 Å². The number of phenolic OH excluding ortho intramolecular Hbond substituents is 1. The Kier molecular flexibility index (Phi) is 9.69. The Balaban J connectivity index is 1.25. The summed E-state index contributed by atoms with van der Waals surface area (Å²) in [6.07, 6.45) is 10.5. The minimum atomic E-state index is -0.548. The molecular weight excluding hydrogens is 464 g/mol. The molecule has 0 aliphatic carbocycles. The number of carbonyl (C=O) groups is 1. The third kappa shape index (κ3) is 7.88. The van der Waals surface area contributed by atoms with Crippen molar-refractivity contribution in [1.82, 2.24) is 0 Å². The van der Waals surface area contributed by atoms with Gasteiger partial charge in [-0.25, -0.2) is 0 Å². The number of hydrogen-bond acceptors (Lipinski definition) is 5. The van der Waals surface area contributed by atoms with Crippen LogP contribution in [0.3, 0.4) is 0 Å². The van der Waals surface area contributed by atoms with Crippen LogP contribution in [0.25, 0.3) is 0 Å². The normalized spacial score (nSPS) is 17.1. The van der Waals surface area contributed by atoms with Crippen molar-refractivity contribution in [1.29, 1.82) is 0 Å². The summed E-state index contributed by atoms with van der Waals surface area (Å²) in [5.74, 6) is 0.582. The Morgan fingerprint density at radius 1 is 1.08 bits per heavy atom. The van der Waals surface area contributed by atoms with Gasteiger partial charge in [-0.15, -0.1) is 0 Å². The van der Waals surface area contributed by atoms with Crippen LogP contribution >= 0.6 is 0 Å². The molecule has 0 aromatic heterocycles. The first-order chi connectivity index (χ1) is 18.0. The summed E-state index contributed by atoms with van der Waals surface area (Å²) in [5, 5.41) is 20.4. The number of carbonyl (C=O) groups excluding carboxylic acids is 1. The molecule has 0 amide bonds. The number of Topliss-reactive ketones (excluding diaryl/α,β-unsaturated/α-hetero) is 1. The standard InChI is InChI=1S/C31H38N2O4/c1-2-3-5-10-26(34)18-27(35)15-12-24-13-16-30(36)31(17-24)37-22-33-20-28-25(19-32-29(28)21-33)14-11-23-8-6-4-7-9-23/h4,6-9,13,16-17,19,21,26,34,36H,2-3,5,10-12,14-15,18,20,22H2,1H3/p+1. The van der Waals surface area contributed by atoms with Gasteiger partial charge in [-0.2, -0.15) is 0 Å². The number of allylic oxidation sites excluding steroid dienone is 1. The third-order valence-corrected chi connectivity index (χ3v) is 7.06. The molecule has 2 unspecified atom stereocenters. The van der Waals surface area contributed by atoms with Crippen LogP contribution in [-0.2, 0) is 17.6 Å². The molecule has 0 saturated carbocycles. The number of ketones is 1. The van der Waals surface area contributed by atoms with Crippen molar-refractivity contribution in [2.75, 3.05) is 13.3 Å². The highest BCUT2D eigenvalue weighted by atomic mass is 16.5. The lowest BCUT2D eigenvalue weighted by atomic mass is 10.0. The van der Waals surface area contributed by atoms with Crippen molar-refractivity contribution in [3.8, 4) is 11.5 Å². The smallest absolute Gasteiger partial charge is 0.227 e. The number of nitrogens with one attached hydrogen (secondary N) is 1. The zero-order valence-corrected chi connectivity index (χ0v) is 21.8. The van der Waals surface area contributed by atoms with Crippen LogP contribution in [0.5, 0.6) is 11.5 Å². The fraction of sp³-hybridized carbons (Fsp3) is 0.419. The molecule has 6 nitrogen and oxygen atoms in total. The average Bonchev–Trinajstić information content (AvgIpc) is 3.47. The van der Waals surface area contributed by atoms with Crippen LogP contribution in [0, 0.1) is 0 Å². The van der Waals surface area contributed by atoms with E-state index in [9.17, 15) is 15.0 Å². The zero-order chi connectivity index (χ0) is 26.0. The maximum atomic E-state index is 12.3. The van der Waals surface area contributed by atoms with E-state index in [-0.39, 0.29) is 18.0 Å². The van der Waals surface area contributed by atoms with E-state index in [4.69, 9.17) is 4.74 Å². The highest BCUT2D eigenvalue weighted by molar-refractivity contribution is 5.86. The number of ether oxygens (including phenoxy) is 1. The Hall–Kier alpha value is -3.22. The molecule has 0 spiro atoms. The van der Waals surface area contributed by atoms with Gasteiger partial charge in [0.25, 0.3) is 0 Å². The molecule has 0 saturated heterocycles. The van der Waals surface area contributed by atoms with E-state index in [1.54, 1.807) is 6.07 Å². The predicted octanol–water partition coefficient (Wildman–Crippen LogP) is 4.32. The molecule has 2 atom stereocenters. The highest BCUT2D eigenvalue weighted by Crippen LogP contribution is 2.28. The van der Waals surface area contributed by atoms with E-state index in [0.717, 1.165) is 54.8 Å². The second-order valence-electron chi connectivity index (χ2n) is 10.1. The first-order valence-electron chi connectivity index (χ1n) is 13.5. The summed E-state index contributed by atoms with van der Waals surface area (Å²) < 4.78 is 5.99. The van der Waals surface area contributed by atoms with E-state index in [1.165, 1.54) is 16.7 Å². The van der Waals surface area contributed by atoms with E-state index < -0.39 is 6.10 Å². The second kappa shape index (κ2) is 13.4. The average molecular weight is 504 g/mol. The van der Waals surface area contributed by atoms with Gasteiger partial charge >= 0.3 is 0 Å². The number of fused-ring (bicyclic) bond motifs is 1. The van der Waals surface area contributed by atoms with Gasteiger partial charge < -0.3 is 14.9 Å². The van der Waals surface area contributed by atoms with Crippen LogP contribution in [-0.4, -0.2) is 41.6 Å². The number of rotatable bonds is 15. The SMILES string of the molecule is CCCCCC(O)CC(=O)CCc1ccc(O)c(OC[NH+]2C=C3N=CC(CCc4ccccc4)=C3C2)c1. The fourth-order valence-corrected chi connectivity index (χ4v) is 4.88. The number of nitrogens with zero attached hydrogens (tertiary/aromatic N) is 1. The maximum absolute atomic E-state index is 12.3. The van der Waals surface area contributed by atoms with Crippen molar-refractivity contribution in [2.45, 2.75) is 70.8 Å². The first-order valence-corrected chi connectivity index (χ1v) is 13.5. The van der Waals surface area contributed by atoms with Gasteiger partial charge in [0.05, 0.1) is 6.10 Å². The lowest BCUT2D eigenvalue weighted by Crippen LogP contribution is -3.07. The summed E-state index contributed by atoms with van der Waals surface area (Å²) in [5.41, 5.74) is 5.85. The number of aromatic hydroxyl groups is 1. The van der Waals surface area contributed by atoms with Gasteiger partial charge in [0, 0.05) is 24.6 Å². The van der Waals surface area contributed by atoms with Gasteiger partial charge in [-0.3, -0.25) is 14.7 Å². The lowest BCUT2D eigenvalue weighted by molar-refractivity contribution is -0.855. The number of hydrogen-bond donors (Lipinski definition) is 3. The molecule has 2 heterocycles. The van der Waals surface area contributed by atoms with Crippen LogP contribution in [0.2, 0.25) is 0 Å². The van der Waals surface area contributed by atoms with E-state index in [2.05, 4.69) is 42.4 Å². The molecule has 196 valence electrons. The molecule has 2 aliphatic rings. The highest BCUT2D eigenvalue weighted by Gasteiger charge is 2.29. The number of unbranched alkanes of at least 4 members (excludes halogenated alkanes) is 2. The Labute approximate surface area is 220 Å². The van der Waals surface area contributed by atoms with E-state index in [0.29, 0.717) is 31.7 Å². The topological polar surface area (TPSA) is 83.6 Å². The Morgan fingerprint density at radius 2 is 1.92 bits per heavy atom. The molecule has 0 radical (unpaired) electrons. The second-order valence-corrected chi connectivity index (χ2v) is 10.1. The van der Waals surface area contributed by atoms with Gasteiger partial charge in [-0.05, 0) is 54.5 Å². The lowest BCUT2D eigenvalue weighted by Gasteiger charge is -2.14. The fourth-order valence-electron chi connectivity index (χ4n) is 4.88. The Bertz CT molecular complexity index is 1150. The predicted molar refractivity (Wildman–Crippen MR) is 146 cm³/mol. The maximum Gasteiger partial charge on any atom is 0.227 e. The largest absolute Gasteiger partial charge is 0.504 e. The number of aliphatic hydroxyl groups is 1. The number of aliphatic imine (C=N–C) groups is 1. The monoisotopic (exact) mass is 503 g/mol. The minimum Gasteiger partial charge on any atom is -0.504 e. The number of aliphatic hydroxyl groups excluding tert-OH is 1. The molecule has 37 heavy (non-hydrogen) atoms. The van der Waals surface area contributed by atoms with Crippen molar-refractivity contribution in [3.05, 3.63) is 82.7 Å². The number of phenols is 1. The zero-order valence-electron chi connectivity index (χ0n) is 21.8. The number of benzene rings is 2. The third-order valence-electron chi connectivity index (χ3n) is 7.06. The van der Waals surface area contributed by atoms with Crippen LogP contribution in [0.15, 0.2) is 76.6 Å². The molecule has 4 rings (SSSR count). The van der Waals surface area contributed by atoms with Crippen LogP contribution < -0.4 is 9.64 Å². The summed E-state index contributed by atoms with van der Waals surface area (Å²) in [4.78, 5) is 18.0. The molecule has 2 aromatic rings. The molecule has 0 fully saturated rings. The summed E-state index contributed by atoms with van der Waals surface area (Å²) in [6.45, 7) is 3.32. The van der Waals surface area contributed by atoms with Crippen molar-refractivity contribution in [2.24, 2.45) is 4.99 Å². The molecule has 6 heteroatoms. The van der Waals surface area contributed by atoms with Gasteiger partial charge in [0.15, 0.2) is 11.5 Å². The van der Waals surface area contributed by atoms with E-state index in [1.807, 2.05) is 24.4 Å². The summed E-state index contributed by atoms with van der Waals surface area (Å²) >= 11 is 0. The van der Waals surface area contributed by atoms with Crippen LogP contribution in [0.4, 0.5) is 0 Å². The summed E-state index contributed by atoms with van der Waals surface area (Å²) in [6, 6.07) is 15.7. The molecular formula is C31H39N2O4+. The molecule has 2 aromatic carbocycles. The summed E-state index contributed by atoms with van der Waals surface area (Å²) in [7, 11) is 0. The van der Waals surface area contributed by atoms with Crippen molar-refractivity contribution in [3.63, 3.8) is 0 Å². The molecule has 3 N–H and O–H groups in total. The minimum absolute atomic E-state index is 0.0658. The van der Waals surface area contributed by atoms with Gasteiger partial charge in [-0.1, -0.05) is 62.6 Å². The van der Waals surface area contributed by atoms with Crippen LogP contribution in [0.1, 0.15) is 63.0 Å². The quantitative estimate of drug-likeness (QED) is 0.316.